The number of nitrogens with zero attached hydrogens (tertiary/aromatic N) is 3. The third kappa shape index (κ3) is 3.53. The minimum absolute atomic E-state index is 0.270. The first-order chi connectivity index (χ1) is 8.90. The van der Waals surface area contributed by atoms with Crippen molar-refractivity contribution in [1.29, 1.82) is 0 Å². The number of aliphatic imine (C=N–C) groups is 1. The second-order valence-electron chi connectivity index (χ2n) is 4.50. The molecule has 5 nitrogen and oxygen atoms in total. The number of carbonyl (C=O) groups excluding carboxylic acids is 1. The highest BCUT2D eigenvalue weighted by Gasteiger charge is 2.14. The number of aromatic nitrogens is 1. The summed E-state index contributed by atoms with van der Waals surface area (Å²) in [5.74, 6) is 0.969. The van der Waals surface area contributed by atoms with Crippen molar-refractivity contribution in [3.8, 4) is 5.88 Å². The Kier molecular flexibility index (Phi) is 5.03. The van der Waals surface area contributed by atoms with Crippen LogP contribution in [0, 0.1) is 6.92 Å². The number of methoxy groups -OCH3 is 1. The minimum Gasteiger partial charge on any atom is -0.481 e. The van der Waals surface area contributed by atoms with E-state index in [1.165, 1.54) is 0 Å². The van der Waals surface area contributed by atoms with Crippen molar-refractivity contribution in [2.45, 2.75) is 27.2 Å². The topological polar surface area (TPSA) is 54.8 Å². The molecule has 104 valence electrons. The number of rotatable bonds is 3. The molecule has 1 amide bonds. The summed E-state index contributed by atoms with van der Waals surface area (Å²) in [6, 6.07) is 1.82. The van der Waals surface area contributed by atoms with E-state index in [9.17, 15) is 4.79 Å². The second-order valence-corrected chi connectivity index (χ2v) is 4.50. The van der Waals surface area contributed by atoms with Gasteiger partial charge < -0.3 is 9.64 Å². The van der Waals surface area contributed by atoms with Crippen LogP contribution in [0.1, 0.15) is 35.5 Å². The molecule has 1 aromatic heterocycles. The first-order valence-electron chi connectivity index (χ1n) is 6.22. The van der Waals surface area contributed by atoms with Gasteiger partial charge in [0.2, 0.25) is 5.88 Å². The normalized spacial score (nSPS) is 11.4. The Hall–Kier alpha value is -1.91. The lowest BCUT2D eigenvalue weighted by atomic mass is 10.1. The Morgan fingerprint density at radius 1 is 1.47 bits per heavy atom. The summed E-state index contributed by atoms with van der Waals surface area (Å²) in [5, 5.41) is 0. The molecule has 0 radical (unpaired) electrons. The van der Waals surface area contributed by atoms with Gasteiger partial charge in [0.05, 0.1) is 18.4 Å². The molecule has 0 spiro atoms. The van der Waals surface area contributed by atoms with E-state index in [0.717, 1.165) is 12.0 Å². The highest BCUT2D eigenvalue weighted by Crippen LogP contribution is 2.20. The van der Waals surface area contributed by atoms with E-state index in [2.05, 4.69) is 9.98 Å². The lowest BCUT2D eigenvalue weighted by Crippen LogP contribution is -2.20. The molecule has 0 aromatic carbocycles. The van der Waals surface area contributed by atoms with Gasteiger partial charge in [0.25, 0.3) is 5.91 Å². The number of amides is 1. The molecule has 0 N–H and O–H groups in total. The van der Waals surface area contributed by atoms with E-state index in [1.807, 2.05) is 27.1 Å². The van der Waals surface area contributed by atoms with Crippen LogP contribution in [0.2, 0.25) is 0 Å². The van der Waals surface area contributed by atoms with Crippen molar-refractivity contribution in [3.05, 3.63) is 22.9 Å². The van der Waals surface area contributed by atoms with E-state index in [-0.39, 0.29) is 5.91 Å². The fourth-order valence-corrected chi connectivity index (χ4v) is 1.58. The van der Waals surface area contributed by atoms with Crippen molar-refractivity contribution >= 4 is 11.7 Å². The average molecular weight is 263 g/mol. The predicted molar refractivity (Wildman–Crippen MR) is 76.0 cm³/mol. The van der Waals surface area contributed by atoms with Crippen LogP contribution in [0.4, 0.5) is 0 Å². The van der Waals surface area contributed by atoms with Gasteiger partial charge in [-0.15, -0.1) is 0 Å². The predicted octanol–water partition coefficient (Wildman–Crippen LogP) is 2.08. The Bertz CT molecular complexity index is 508. The smallest absolute Gasteiger partial charge is 0.280 e. The molecule has 0 saturated carbocycles. The molecule has 1 heterocycles. The number of hydrogen-bond acceptors (Lipinski definition) is 3. The third-order valence-electron chi connectivity index (χ3n) is 2.97. The second kappa shape index (κ2) is 6.31. The molecule has 0 aliphatic carbocycles. The van der Waals surface area contributed by atoms with Crippen LogP contribution < -0.4 is 4.74 Å². The number of amidine groups is 1. The fraction of sp³-hybridized carbons (Fsp3) is 0.500. The zero-order valence-electron chi connectivity index (χ0n) is 12.4. The maximum absolute atomic E-state index is 12.2. The highest BCUT2D eigenvalue weighted by atomic mass is 16.5. The summed E-state index contributed by atoms with van der Waals surface area (Å²) in [6.07, 6.45) is 0.757. The van der Waals surface area contributed by atoms with Crippen LogP contribution in [-0.4, -0.2) is 42.8 Å². The molecule has 0 saturated heterocycles. The van der Waals surface area contributed by atoms with E-state index in [0.29, 0.717) is 23.0 Å². The standard InChI is InChI=1S/C14H21N3O2/c1-7-11-8-12(9(2)15-14(11)19-6)13(18)16-10(3)17(4)5/h8H,7H2,1-6H3. The van der Waals surface area contributed by atoms with Gasteiger partial charge in [-0.05, 0) is 26.3 Å². The van der Waals surface area contributed by atoms with Crippen molar-refractivity contribution < 1.29 is 9.53 Å². The molecule has 0 aliphatic heterocycles. The molecule has 1 rings (SSSR count). The van der Waals surface area contributed by atoms with E-state index in [1.54, 1.807) is 25.9 Å². The Balaban J connectivity index is 3.21. The van der Waals surface area contributed by atoms with E-state index < -0.39 is 0 Å². The summed E-state index contributed by atoms with van der Waals surface area (Å²) >= 11 is 0. The zero-order valence-corrected chi connectivity index (χ0v) is 12.4. The molecule has 0 aliphatic rings. The molecule has 1 aromatic rings. The summed E-state index contributed by atoms with van der Waals surface area (Å²) in [4.78, 5) is 22.3. The molecule has 0 unspecified atom stereocenters. The quantitative estimate of drug-likeness (QED) is 0.619. The Labute approximate surface area is 114 Å². The van der Waals surface area contributed by atoms with Crippen LogP contribution >= 0.6 is 0 Å². The molecule has 19 heavy (non-hydrogen) atoms. The maximum atomic E-state index is 12.2. The molecule has 0 fully saturated rings. The first kappa shape index (κ1) is 15.1. The zero-order chi connectivity index (χ0) is 14.6. The van der Waals surface area contributed by atoms with E-state index in [4.69, 9.17) is 4.74 Å². The van der Waals surface area contributed by atoms with Crippen LogP contribution in [0.3, 0.4) is 0 Å². The summed E-state index contributed by atoms with van der Waals surface area (Å²) < 4.78 is 5.20. The number of aryl methyl sites for hydroxylation is 2. The molecular formula is C14H21N3O2. The lowest BCUT2D eigenvalue weighted by Gasteiger charge is -2.12. The monoisotopic (exact) mass is 263 g/mol. The third-order valence-corrected chi connectivity index (χ3v) is 2.97. The maximum Gasteiger partial charge on any atom is 0.280 e. The Morgan fingerprint density at radius 3 is 2.58 bits per heavy atom. The first-order valence-corrected chi connectivity index (χ1v) is 6.22. The SMILES string of the molecule is CCc1cc(C(=O)N=C(C)N(C)C)c(C)nc1OC. The van der Waals surface area contributed by atoms with Gasteiger partial charge >= 0.3 is 0 Å². The van der Waals surface area contributed by atoms with Crippen LogP contribution in [0.25, 0.3) is 0 Å². The van der Waals surface area contributed by atoms with Gasteiger partial charge in [0.1, 0.15) is 5.84 Å². The van der Waals surface area contributed by atoms with Crippen LogP contribution in [0.5, 0.6) is 5.88 Å². The van der Waals surface area contributed by atoms with Crippen molar-refractivity contribution in [1.82, 2.24) is 9.88 Å². The van der Waals surface area contributed by atoms with Crippen molar-refractivity contribution in [2.24, 2.45) is 4.99 Å². The highest BCUT2D eigenvalue weighted by molar-refractivity contribution is 6.03. The summed E-state index contributed by atoms with van der Waals surface area (Å²) in [7, 11) is 5.28. The molecule has 0 bridgehead atoms. The van der Waals surface area contributed by atoms with Crippen molar-refractivity contribution in [3.63, 3.8) is 0 Å². The summed E-state index contributed by atoms with van der Waals surface area (Å²) in [5.41, 5.74) is 2.07. The van der Waals surface area contributed by atoms with Gasteiger partial charge in [-0.1, -0.05) is 6.92 Å². The van der Waals surface area contributed by atoms with Gasteiger partial charge in [0, 0.05) is 19.7 Å². The minimum atomic E-state index is -0.270. The number of carbonyl (C=O) groups is 1. The van der Waals surface area contributed by atoms with Crippen molar-refractivity contribution in [2.75, 3.05) is 21.2 Å². The molecule has 0 atom stereocenters. The molecule has 5 heteroatoms. The Morgan fingerprint density at radius 2 is 2.11 bits per heavy atom. The number of hydrogen-bond donors (Lipinski definition) is 0. The van der Waals surface area contributed by atoms with Gasteiger partial charge in [-0.3, -0.25) is 4.79 Å². The fourth-order valence-electron chi connectivity index (χ4n) is 1.58. The van der Waals surface area contributed by atoms with Gasteiger partial charge in [0.15, 0.2) is 0 Å². The van der Waals surface area contributed by atoms with E-state index >= 15 is 0 Å². The van der Waals surface area contributed by atoms with Gasteiger partial charge in [-0.2, -0.15) is 4.99 Å². The molecular weight excluding hydrogens is 242 g/mol. The summed E-state index contributed by atoms with van der Waals surface area (Å²) in [6.45, 7) is 5.58. The van der Waals surface area contributed by atoms with Crippen LogP contribution in [-0.2, 0) is 6.42 Å². The van der Waals surface area contributed by atoms with Crippen LogP contribution in [0.15, 0.2) is 11.1 Å². The largest absolute Gasteiger partial charge is 0.481 e. The number of ether oxygens (including phenoxy) is 1. The van der Waals surface area contributed by atoms with Gasteiger partial charge in [-0.25, -0.2) is 4.98 Å². The lowest BCUT2D eigenvalue weighted by molar-refractivity contribution is 0.100. The number of pyridine rings is 1. The average Bonchev–Trinajstić information content (AvgIpc) is 2.37.